The van der Waals surface area contributed by atoms with Gasteiger partial charge in [-0.3, -0.25) is 9.59 Å². The average Bonchev–Trinajstić information content (AvgIpc) is 2.82. The first-order chi connectivity index (χ1) is 10.6. The Morgan fingerprint density at radius 3 is 2.68 bits per heavy atom. The molecule has 2 aromatic rings. The molecule has 1 unspecified atom stereocenters. The van der Waals surface area contributed by atoms with Crippen molar-refractivity contribution >= 4 is 23.5 Å². The van der Waals surface area contributed by atoms with Crippen LogP contribution in [0.4, 0.5) is 0 Å². The molecule has 0 saturated carbocycles. The summed E-state index contributed by atoms with van der Waals surface area (Å²) in [6.07, 6.45) is -0.153. The normalized spacial score (nSPS) is 14.8. The van der Waals surface area contributed by atoms with Gasteiger partial charge in [0.1, 0.15) is 0 Å². The second-order valence-electron chi connectivity index (χ2n) is 5.26. The Hall–Kier alpha value is -2.33. The van der Waals surface area contributed by atoms with E-state index in [-0.39, 0.29) is 12.3 Å². The van der Waals surface area contributed by atoms with Crippen LogP contribution in [0.3, 0.4) is 0 Å². The topological polar surface area (TPSA) is 57.6 Å². The van der Waals surface area contributed by atoms with Crippen LogP contribution in [0.1, 0.15) is 33.9 Å². The number of fused-ring (bicyclic) bond motifs is 1. The summed E-state index contributed by atoms with van der Waals surface area (Å²) in [4.78, 5) is 25.4. The van der Waals surface area contributed by atoms with Crippen molar-refractivity contribution < 1.29 is 14.7 Å². The van der Waals surface area contributed by atoms with Crippen molar-refractivity contribution in [2.24, 2.45) is 0 Å². The lowest BCUT2D eigenvalue weighted by Gasteiger charge is -2.27. The summed E-state index contributed by atoms with van der Waals surface area (Å²) in [6.45, 7) is 0.416. The van der Waals surface area contributed by atoms with Crippen LogP contribution in [0, 0.1) is 0 Å². The number of carbonyl (C=O) groups is 2. The first-order valence-corrected chi connectivity index (χ1v) is 7.30. The Morgan fingerprint density at radius 2 is 2.00 bits per heavy atom. The molecule has 0 spiro atoms. The van der Waals surface area contributed by atoms with Crippen molar-refractivity contribution in [3.63, 3.8) is 0 Å². The molecule has 1 heterocycles. The minimum Gasteiger partial charge on any atom is -0.481 e. The highest BCUT2D eigenvalue weighted by Gasteiger charge is 2.34. The molecule has 2 aromatic carbocycles. The Bertz CT molecular complexity index is 744. The number of carboxylic acids is 1. The molecule has 4 nitrogen and oxygen atoms in total. The van der Waals surface area contributed by atoms with Gasteiger partial charge < -0.3 is 10.0 Å². The van der Waals surface area contributed by atoms with Crippen molar-refractivity contribution in [3.8, 4) is 0 Å². The van der Waals surface area contributed by atoms with E-state index in [1.165, 1.54) is 0 Å². The molecule has 1 atom stereocenters. The number of hydrogen-bond donors (Lipinski definition) is 1. The van der Waals surface area contributed by atoms with Gasteiger partial charge in [0.25, 0.3) is 5.91 Å². The summed E-state index contributed by atoms with van der Waals surface area (Å²) >= 11 is 6.01. The van der Waals surface area contributed by atoms with Crippen LogP contribution in [0.2, 0.25) is 5.02 Å². The van der Waals surface area contributed by atoms with Crippen LogP contribution in [0.15, 0.2) is 48.5 Å². The average molecular weight is 316 g/mol. The lowest BCUT2D eigenvalue weighted by Crippen LogP contribution is -2.30. The number of nitrogens with zero attached hydrogens (tertiary/aromatic N) is 1. The molecule has 0 bridgehead atoms. The van der Waals surface area contributed by atoms with Gasteiger partial charge in [-0.05, 0) is 29.3 Å². The zero-order chi connectivity index (χ0) is 15.7. The van der Waals surface area contributed by atoms with Gasteiger partial charge >= 0.3 is 5.97 Å². The van der Waals surface area contributed by atoms with Crippen molar-refractivity contribution in [1.29, 1.82) is 0 Å². The van der Waals surface area contributed by atoms with Crippen LogP contribution in [-0.2, 0) is 11.3 Å². The molecule has 0 aliphatic carbocycles. The van der Waals surface area contributed by atoms with Gasteiger partial charge in [0.05, 0.1) is 12.5 Å². The Morgan fingerprint density at radius 1 is 1.23 bits per heavy atom. The maximum atomic E-state index is 12.6. The molecule has 0 aromatic heterocycles. The summed E-state index contributed by atoms with van der Waals surface area (Å²) in [5, 5.41) is 9.73. The van der Waals surface area contributed by atoms with Gasteiger partial charge in [0.2, 0.25) is 0 Å². The summed E-state index contributed by atoms with van der Waals surface area (Å²) in [5.74, 6) is -1.09. The third-order valence-corrected chi connectivity index (χ3v) is 4.06. The van der Waals surface area contributed by atoms with E-state index >= 15 is 0 Å². The predicted molar refractivity (Wildman–Crippen MR) is 82.8 cm³/mol. The molecular formula is C17H14ClNO3. The second kappa shape index (κ2) is 5.81. The number of rotatable bonds is 4. The Labute approximate surface area is 132 Å². The molecule has 22 heavy (non-hydrogen) atoms. The zero-order valence-electron chi connectivity index (χ0n) is 11.7. The maximum Gasteiger partial charge on any atom is 0.305 e. The summed E-state index contributed by atoms with van der Waals surface area (Å²) in [6, 6.07) is 13.8. The molecule has 5 heteroatoms. The van der Waals surface area contributed by atoms with E-state index in [0.29, 0.717) is 17.1 Å². The molecule has 0 fully saturated rings. The second-order valence-corrected chi connectivity index (χ2v) is 5.70. The van der Waals surface area contributed by atoms with Gasteiger partial charge in [-0.2, -0.15) is 0 Å². The monoisotopic (exact) mass is 315 g/mol. The predicted octanol–water partition coefficient (Wildman–Crippen LogP) is 3.51. The lowest BCUT2D eigenvalue weighted by atomic mass is 10.0. The van der Waals surface area contributed by atoms with E-state index in [1.54, 1.807) is 35.2 Å². The van der Waals surface area contributed by atoms with Crippen LogP contribution < -0.4 is 0 Å². The fourth-order valence-corrected chi connectivity index (χ4v) is 3.01. The van der Waals surface area contributed by atoms with E-state index in [2.05, 4.69) is 0 Å². The van der Waals surface area contributed by atoms with E-state index < -0.39 is 12.0 Å². The molecule has 0 saturated heterocycles. The highest BCUT2D eigenvalue weighted by atomic mass is 35.5. The standard InChI is InChI=1S/C17H14ClNO3/c18-13-6-3-5-11(8-13)15(9-16(20)21)19-10-12-4-1-2-7-14(12)17(19)22/h1-8,15H,9-10H2,(H,20,21). The molecule has 1 N–H and O–H groups in total. The van der Waals surface area contributed by atoms with E-state index in [0.717, 1.165) is 11.1 Å². The molecule has 1 aliphatic rings. The molecule has 3 rings (SSSR count). The number of amides is 1. The van der Waals surface area contributed by atoms with Crippen LogP contribution in [0.25, 0.3) is 0 Å². The quantitative estimate of drug-likeness (QED) is 0.939. The van der Waals surface area contributed by atoms with Crippen LogP contribution in [0.5, 0.6) is 0 Å². The highest BCUT2D eigenvalue weighted by Crippen LogP contribution is 2.34. The molecule has 1 amide bonds. The molecule has 0 radical (unpaired) electrons. The number of carbonyl (C=O) groups excluding carboxylic acids is 1. The van der Waals surface area contributed by atoms with Crippen LogP contribution >= 0.6 is 11.6 Å². The van der Waals surface area contributed by atoms with Gasteiger partial charge in [-0.25, -0.2) is 0 Å². The first kappa shape index (κ1) is 14.6. The Balaban J connectivity index is 1.98. The van der Waals surface area contributed by atoms with E-state index in [9.17, 15) is 14.7 Å². The van der Waals surface area contributed by atoms with Gasteiger partial charge in [0.15, 0.2) is 0 Å². The largest absolute Gasteiger partial charge is 0.481 e. The summed E-state index contributed by atoms with van der Waals surface area (Å²) in [7, 11) is 0. The third-order valence-electron chi connectivity index (χ3n) is 3.83. The molecule has 1 aliphatic heterocycles. The maximum absolute atomic E-state index is 12.6. The van der Waals surface area contributed by atoms with E-state index in [4.69, 9.17) is 11.6 Å². The van der Waals surface area contributed by atoms with Gasteiger partial charge in [0, 0.05) is 17.1 Å². The SMILES string of the molecule is O=C(O)CC(c1cccc(Cl)c1)N1Cc2ccccc2C1=O. The third kappa shape index (κ3) is 2.70. The molecule has 112 valence electrons. The number of carboxylic acid groups (broad SMARTS) is 1. The zero-order valence-corrected chi connectivity index (χ0v) is 12.5. The fourth-order valence-electron chi connectivity index (χ4n) is 2.82. The smallest absolute Gasteiger partial charge is 0.305 e. The van der Waals surface area contributed by atoms with Crippen LogP contribution in [-0.4, -0.2) is 21.9 Å². The van der Waals surface area contributed by atoms with Crippen molar-refractivity contribution in [2.45, 2.75) is 19.0 Å². The summed E-state index contributed by atoms with van der Waals surface area (Å²) in [5.41, 5.74) is 2.29. The summed E-state index contributed by atoms with van der Waals surface area (Å²) < 4.78 is 0. The number of hydrogen-bond acceptors (Lipinski definition) is 2. The van der Waals surface area contributed by atoms with Crippen molar-refractivity contribution in [1.82, 2.24) is 4.90 Å². The minimum absolute atomic E-state index is 0.137. The lowest BCUT2D eigenvalue weighted by molar-refractivity contribution is -0.138. The van der Waals surface area contributed by atoms with Gasteiger partial charge in [-0.1, -0.05) is 41.9 Å². The fraction of sp³-hybridized carbons (Fsp3) is 0.176. The van der Waals surface area contributed by atoms with Gasteiger partial charge in [-0.15, -0.1) is 0 Å². The first-order valence-electron chi connectivity index (χ1n) is 6.92. The Kier molecular flexibility index (Phi) is 3.86. The number of aliphatic carboxylic acids is 1. The highest BCUT2D eigenvalue weighted by molar-refractivity contribution is 6.30. The van der Waals surface area contributed by atoms with Crippen molar-refractivity contribution in [3.05, 3.63) is 70.2 Å². The van der Waals surface area contributed by atoms with E-state index in [1.807, 2.05) is 18.2 Å². The number of benzene rings is 2. The van der Waals surface area contributed by atoms with Crippen molar-refractivity contribution in [2.75, 3.05) is 0 Å². The minimum atomic E-state index is -0.950. The molecular weight excluding hydrogens is 302 g/mol. The number of halogens is 1.